The summed E-state index contributed by atoms with van der Waals surface area (Å²) < 4.78 is 7.09. The Hall–Kier alpha value is -10.0. The summed E-state index contributed by atoms with van der Waals surface area (Å²) in [4.78, 5) is 7.68. The van der Waals surface area contributed by atoms with Gasteiger partial charge in [-0.15, -0.1) is 0 Å². The van der Waals surface area contributed by atoms with Crippen molar-refractivity contribution in [2.45, 2.75) is 0 Å². The summed E-state index contributed by atoms with van der Waals surface area (Å²) in [5.41, 5.74) is 26.8. The third-order valence-corrected chi connectivity index (χ3v) is 16.5. The van der Waals surface area contributed by atoms with Gasteiger partial charge in [0.2, 0.25) is 0 Å². The number of nitrogens with zero attached hydrogens (tertiary/aromatic N) is 3. The van der Waals surface area contributed by atoms with Crippen LogP contribution in [0.5, 0.6) is 11.5 Å². The van der Waals surface area contributed by atoms with Crippen molar-refractivity contribution in [2.75, 3.05) is 14.7 Å². The first-order valence-electron chi connectivity index (χ1n) is 27.0. The Balaban J connectivity index is 1.05. The summed E-state index contributed by atoms with van der Waals surface area (Å²) in [6.45, 7) is -0.261. The minimum atomic E-state index is -0.141. The molecule has 4 aliphatic heterocycles. The summed E-state index contributed by atoms with van der Waals surface area (Å²) in [5.74, 6) is 1.77. The standard InChI is InChI=1S/C72H47B2N3O/c1-6-24-48(25-7-1)52-42-66-71-67(43-52)77(62-39-21-17-35-56(62)51-30-12-4-13-31-51)65-47-64-59(46-60(65)73(71)57-36-18-22-40-63(57)76(66)61-38-20-16-34-55(61)50-28-10-3-11-29-50)74-58-37-19-23-41-69(58)78-70-45-53(49-26-8-2-9-27-49)44-68(72(70)74)75(64)54-32-14-5-15-33-54/h1-47H. The Bertz CT molecular complexity index is 4330. The van der Waals surface area contributed by atoms with Gasteiger partial charge in [0, 0.05) is 50.9 Å². The maximum Gasteiger partial charge on any atom is 0.256 e. The van der Waals surface area contributed by atoms with Gasteiger partial charge in [0.25, 0.3) is 13.4 Å². The summed E-state index contributed by atoms with van der Waals surface area (Å²) in [5, 5.41) is 0. The lowest BCUT2D eigenvalue weighted by atomic mass is 9.30. The molecule has 4 nitrogen and oxygen atoms in total. The van der Waals surface area contributed by atoms with Crippen LogP contribution in [0.25, 0.3) is 44.5 Å². The highest BCUT2D eigenvalue weighted by molar-refractivity contribution is 7.02. The lowest BCUT2D eigenvalue weighted by molar-refractivity contribution is 0.488. The van der Waals surface area contributed by atoms with E-state index in [1.54, 1.807) is 0 Å². The highest BCUT2D eigenvalue weighted by atomic mass is 16.5. The van der Waals surface area contributed by atoms with Gasteiger partial charge >= 0.3 is 0 Å². The van der Waals surface area contributed by atoms with Crippen LogP contribution in [0.15, 0.2) is 285 Å². The third-order valence-electron chi connectivity index (χ3n) is 16.5. The second kappa shape index (κ2) is 17.8. The zero-order chi connectivity index (χ0) is 51.3. The number of rotatable bonds is 7. The molecule has 0 radical (unpaired) electrons. The predicted octanol–water partition coefficient (Wildman–Crippen LogP) is 14.8. The van der Waals surface area contributed by atoms with Gasteiger partial charge in [-0.1, -0.05) is 218 Å². The van der Waals surface area contributed by atoms with Gasteiger partial charge in [-0.2, -0.15) is 0 Å². The van der Waals surface area contributed by atoms with Gasteiger partial charge in [-0.05, 0) is 133 Å². The second-order valence-electron chi connectivity index (χ2n) is 20.7. The molecule has 12 aromatic carbocycles. The highest BCUT2D eigenvalue weighted by Gasteiger charge is 2.48. The van der Waals surface area contributed by atoms with Crippen molar-refractivity contribution >= 4 is 97.4 Å². The molecule has 0 saturated carbocycles. The van der Waals surface area contributed by atoms with Crippen molar-refractivity contribution in [1.82, 2.24) is 0 Å². The molecule has 0 spiro atoms. The van der Waals surface area contributed by atoms with Crippen molar-refractivity contribution < 1.29 is 4.74 Å². The highest BCUT2D eigenvalue weighted by Crippen LogP contribution is 2.51. The largest absolute Gasteiger partial charge is 0.458 e. The van der Waals surface area contributed by atoms with E-state index in [-0.39, 0.29) is 13.4 Å². The Morgan fingerprint density at radius 3 is 1.22 bits per heavy atom. The molecule has 0 fully saturated rings. The Morgan fingerprint density at radius 2 is 0.641 bits per heavy atom. The van der Waals surface area contributed by atoms with Crippen LogP contribution in [0.3, 0.4) is 0 Å². The number of ether oxygens (including phenoxy) is 1. The maximum absolute atomic E-state index is 7.09. The van der Waals surface area contributed by atoms with Crippen molar-refractivity contribution in [2.24, 2.45) is 0 Å². The molecule has 0 aliphatic carbocycles. The number of hydrogen-bond acceptors (Lipinski definition) is 4. The van der Waals surface area contributed by atoms with Crippen LogP contribution in [-0.2, 0) is 0 Å². The smallest absolute Gasteiger partial charge is 0.256 e. The number of hydrogen-bond donors (Lipinski definition) is 0. The van der Waals surface area contributed by atoms with Crippen LogP contribution in [-0.4, -0.2) is 13.4 Å². The van der Waals surface area contributed by atoms with Gasteiger partial charge in [0.15, 0.2) is 0 Å². The topological polar surface area (TPSA) is 19.0 Å². The summed E-state index contributed by atoms with van der Waals surface area (Å²) in [6, 6.07) is 105. The van der Waals surface area contributed by atoms with E-state index < -0.39 is 0 Å². The Labute approximate surface area is 455 Å². The minimum Gasteiger partial charge on any atom is -0.458 e. The van der Waals surface area contributed by atoms with Crippen LogP contribution < -0.4 is 52.2 Å². The molecule has 0 bridgehead atoms. The summed E-state index contributed by atoms with van der Waals surface area (Å²) >= 11 is 0. The van der Waals surface area contributed by atoms with Crippen LogP contribution >= 0.6 is 0 Å². The molecule has 0 N–H and O–H groups in total. The summed E-state index contributed by atoms with van der Waals surface area (Å²) in [6.07, 6.45) is 0. The van der Waals surface area contributed by atoms with E-state index in [2.05, 4.69) is 300 Å². The average Bonchev–Trinajstić information content (AvgIpc) is 2.70. The first-order valence-corrected chi connectivity index (χ1v) is 27.0. The van der Waals surface area contributed by atoms with Crippen LogP contribution in [0.2, 0.25) is 0 Å². The first-order chi connectivity index (χ1) is 38.7. The molecule has 4 aliphatic rings. The lowest BCUT2D eigenvalue weighted by Gasteiger charge is -2.47. The summed E-state index contributed by atoms with van der Waals surface area (Å²) in [7, 11) is 0. The van der Waals surface area contributed by atoms with E-state index in [1.165, 1.54) is 44.1 Å². The first kappa shape index (κ1) is 44.3. The van der Waals surface area contributed by atoms with E-state index in [0.29, 0.717) is 0 Å². The zero-order valence-electron chi connectivity index (χ0n) is 42.5. The van der Waals surface area contributed by atoms with Crippen LogP contribution in [0.1, 0.15) is 0 Å². The van der Waals surface area contributed by atoms with Crippen molar-refractivity contribution in [3.63, 3.8) is 0 Å². The number of benzene rings is 12. The number of fused-ring (bicyclic) bond motifs is 8. The SMILES string of the molecule is c1ccc(-c2cc3c4c(c2)N(c2ccccc2)c2cc5c(cc2B4c2ccccc2O3)B2c3ccccc3N(c3ccccc3-c3ccccc3)c3cc(-c4ccccc4)cc(c32)N5c2ccccc2-c2ccccc2)cc1. The second-order valence-corrected chi connectivity index (χ2v) is 20.7. The van der Waals surface area contributed by atoms with E-state index in [0.717, 1.165) is 95.8 Å². The molecule has 16 rings (SSSR count). The Kier molecular flexibility index (Phi) is 10.1. The van der Waals surface area contributed by atoms with Gasteiger partial charge in [0.1, 0.15) is 11.5 Å². The van der Waals surface area contributed by atoms with E-state index in [9.17, 15) is 0 Å². The maximum atomic E-state index is 7.09. The van der Waals surface area contributed by atoms with Crippen molar-refractivity contribution in [3.05, 3.63) is 285 Å². The molecule has 4 heterocycles. The molecule has 0 saturated heterocycles. The number of anilines is 9. The average molecular weight is 992 g/mol. The van der Waals surface area contributed by atoms with E-state index in [1.807, 2.05) is 0 Å². The molecule has 0 aromatic heterocycles. The molecular weight excluding hydrogens is 944 g/mol. The molecular formula is C72H47B2N3O. The molecule has 12 aromatic rings. The van der Waals surface area contributed by atoms with Crippen LogP contribution in [0, 0.1) is 0 Å². The monoisotopic (exact) mass is 991 g/mol. The van der Waals surface area contributed by atoms with Crippen molar-refractivity contribution in [1.29, 1.82) is 0 Å². The minimum absolute atomic E-state index is 0.121. The fraction of sp³-hybridized carbons (Fsp3) is 0. The predicted molar refractivity (Wildman–Crippen MR) is 328 cm³/mol. The molecule has 0 atom stereocenters. The van der Waals surface area contributed by atoms with Gasteiger partial charge in [-0.25, -0.2) is 0 Å². The molecule has 0 amide bonds. The fourth-order valence-electron chi connectivity index (χ4n) is 13.2. The third kappa shape index (κ3) is 6.83. The molecule has 6 heteroatoms. The van der Waals surface area contributed by atoms with E-state index in [4.69, 9.17) is 4.74 Å². The quantitative estimate of drug-likeness (QED) is 0.148. The molecule has 0 unspecified atom stereocenters. The van der Waals surface area contributed by atoms with Gasteiger partial charge < -0.3 is 19.4 Å². The van der Waals surface area contributed by atoms with E-state index >= 15 is 0 Å². The van der Waals surface area contributed by atoms with Crippen molar-refractivity contribution in [3.8, 4) is 56.0 Å². The zero-order valence-corrected chi connectivity index (χ0v) is 42.5. The Morgan fingerprint density at radius 1 is 0.231 bits per heavy atom. The lowest BCUT2D eigenvalue weighted by Crippen LogP contribution is -2.64. The molecule has 78 heavy (non-hydrogen) atoms. The van der Waals surface area contributed by atoms with Gasteiger partial charge in [0.05, 0.1) is 11.4 Å². The molecule has 362 valence electrons. The van der Waals surface area contributed by atoms with Crippen LogP contribution in [0.4, 0.5) is 51.2 Å². The normalized spacial score (nSPS) is 13.1. The number of para-hydroxylation sites is 5. The van der Waals surface area contributed by atoms with Gasteiger partial charge in [-0.3, -0.25) is 0 Å². The fourth-order valence-corrected chi connectivity index (χ4v) is 13.2.